The first-order valence-electron chi connectivity index (χ1n) is 6.18. The Kier molecular flexibility index (Phi) is 7.55. The van der Waals surface area contributed by atoms with Crippen molar-refractivity contribution >= 4 is 30.0 Å². The third-order valence-electron chi connectivity index (χ3n) is 2.41. The molecule has 3 heteroatoms. The molecule has 0 aliphatic heterocycles. The highest BCUT2D eigenvalue weighted by molar-refractivity contribution is 5.85. The summed E-state index contributed by atoms with van der Waals surface area (Å²) in [4.78, 5) is 4.30. The number of aliphatic imine (C=N–C) groups is 1. The molecule has 0 fully saturated rings. The van der Waals surface area contributed by atoms with Crippen molar-refractivity contribution in [1.29, 1.82) is 0 Å². The summed E-state index contributed by atoms with van der Waals surface area (Å²) in [7, 11) is 0. The van der Waals surface area contributed by atoms with Gasteiger partial charge in [-0.25, -0.2) is 0 Å². The van der Waals surface area contributed by atoms with Gasteiger partial charge in [-0.15, -0.1) is 12.4 Å². The number of nitrogens with one attached hydrogen (secondary N) is 1. The van der Waals surface area contributed by atoms with Gasteiger partial charge in [0.2, 0.25) is 0 Å². The number of anilines is 1. The molecule has 0 aliphatic rings. The zero-order valence-electron chi connectivity index (χ0n) is 11.0. The van der Waals surface area contributed by atoms with Crippen molar-refractivity contribution < 1.29 is 0 Å². The van der Waals surface area contributed by atoms with Crippen LogP contribution in [0.4, 0.5) is 11.4 Å². The van der Waals surface area contributed by atoms with Crippen LogP contribution in [0.1, 0.15) is 0 Å². The zero-order valence-corrected chi connectivity index (χ0v) is 11.8. The number of rotatable bonds is 5. The lowest BCUT2D eigenvalue weighted by Gasteiger charge is -1.97. The second-order valence-electron chi connectivity index (χ2n) is 3.87. The van der Waals surface area contributed by atoms with E-state index >= 15 is 0 Å². The minimum atomic E-state index is 0. The van der Waals surface area contributed by atoms with Crippen molar-refractivity contribution in [2.24, 2.45) is 4.99 Å². The maximum Gasteiger partial charge on any atom is 0.0629 e. The van der Waals surface area contributed by atoms with Gasteiger partial charge in [0, 0.05) is 18.1 Å². The Morgan fingerprint density at radius 3 is 2.10 bits per heavy atom. The Morgan fingerprint density at radius 2 is 1.40 bits per heavy atom. The van der Waals surface area contributed by atoms with Crippen LogP contribution in [0, 0.1) is 0 Å². The number of para-hydroxylation sites is 2. The van der Waals surface area contributed by atoms with Crippen LogP contribution in [0.5, 0.6) is 0 Å². The first-order chi connectivity index (χ1) is 9.45. The van der Waals surface area contributed by atoms with Crippen LogP contribution in [-0.2, 0) is 0 Å². The Hall–Kier alpha value is -2.32. The van der Waals surface area contributed by atoms with Crippen molar-refractivity contribution in [1.82, 2.24) is 0 Å². The third kappa shape index (κ3) is 6.03. The fourth-order valence-electron chi connectivity index (χ4n) is 1.49. The minimum Gasteiger partial charge on any atom is -0.362 e. The first kappa shape index (κ1) is 15.7. The van der Waals surface area contributed by atoms with E-state index in [-0.39, 0.29) is 12.4 Å². The highest BCUT2D eigenvalue weighted by atomic mass is 35.5. The summed E-state index contributed by atoms with van der Waals surface area (Å²) in [5.74, 6) is 0. The van der Waals surface area contributed by atoms with E-state index in [2.05, 4.69) is 10.3 Å². The van der Waals surface area contributed by atoms with Crippen molar-refractivity contribution in [3.05, 3.63) is 85.1 Å². The average molecular weight is 285 g/mol. The molecule has 2 aromatic rings. The molecule has 2 rings (SSSR count). The van der Waals surface area contributed by atoms with E-state index in [9.17, 15) is 0 Å². The molecule has 2 aromatic carbocycles. The molecular weight excluding hydrogens is 268 g/mol. The number of halogens is 1. The van der Waals surface area contributed by atoms with E-state index in [1.54, 1.807) is 6.21 Å². The number of allylic oxidation sites excluding steroid dienone is 3. The van der Waals surface area contributed by atoms with Gasteiger partial charge in [0.25, 0.3) is 0 Å². The molecule has 1 N–H and O–H groups in total. The largest absolute Gasteiger partial charge is 0.362 e. The van der Waals surface area contributed by atoms with E-state index in [4.69, 9.17) is 0 Å². The first-order valence-corrected chi connectivity index (χ1v) is 6.18. The summed E-state index contributed by atoms with van der Waals surface area (Å²) in [6.45, 7) is 0. The molecule has 0 aromatic heterocycles. The van der Waals surface area contributed by atoms with Crippen molar-refractivity contribution in [3.63, 3.8) is 0 Å². The van der Waals surface area contributed by atoms with Crippen molar-refractivity contribution in [2.45, 2.75) is 0 Å². The Labute approximate surface area is 126 Å². The number of hydrogen-bond acceptors (Lipinski definition) is 2. The molecular formula is C17H17ClN2. The highest BCUT2D eigenvalue weighted by Gasteiger charge is 1.82. The molecule has 0 radical (unpaired) electrons. The van der Waals surface area contributed by atoms with Gasteiger partial charge in [-0.2, -0.15) is 0 Å². The molecule has 0 aliphatic carbocycles. The van der Waals surface area contributed by atoms with Gasteiger partial charge in [-0.1, -0.05) is 42.5 Å². The molecule has 0 unspecified atom stereocenters. The molecule has 0 amide bonds. The minimum absolute atomic E-state index is 0. The van der Waals surface area contributed by atoms with Gasteiger partial charge in [-0.3, -0.25) is 4.99 Å². The third-order valence-corrected chi connectivity index (χ3v) is 2.41. The van der Waals surface area contributed by atoms with Crippen LogP contribution >= 0.6 is 12.4 Å². The molecule has 20 heavy (non-hydrogen) atoms. The molecule has 0 saturated carbocycles. The Morgan fingerprint density at radius 1 is 0.750 bits per heavy atom. The van der Waals surface area contributed by atoms with E-state index in [1.807, 2.05) is 85.1 Å². The normalized spacial score (nSPS) is 11.0. The Balaban J connectivity index is 0.00000200. The molecule has 2 nitrogen and oxygen atoms in total. The van der Waals surface area contributed by atoms with E-state index in [1.165, 1.54) is 0 Å². The summed E-state index contributed by atoms with van der Waals surface area (Å²) < 4.78 is 0. The van der Waals surface area contributed by atoms with Gasteiger partial charge in [0.1, 0.15) is 0 Å². The van der Waals surface area contributed by atoms with Crippen LogP contribution < -0.4 is 5.32 Å². The van der Waals surface area contributed by atoms with Crippen LogP contribution in [0.3, 0.4) is 0 Å². The van der Waals surface area contributed by atoms with Gasteiger partial charge >= 0.3 is 0 Å². The smallest absolute Gasteiger partial charge is 0.0629 e. The fraction of sp³-hybridized carbons (Fsp3) is 0. The summed E-state index contributed by atoms with van der Waals surface area (Å²) in [6.07, 6.45) is 9.44. The second kappa shape index (κ2) is 9.59. The van der Waals surface area contributed by atoms with E-state index in [0.29, 0.717) is 0 Å². The fourth-order valence-corrected chi connectivity index (χ4v) is 1.49. The Bertz CT molecular complexity index is 560. The van der Waals surface area contributed by atoms with Crippen LogP contribution in [-0.4, -0.2) is 6.21 Å². The van der Waals surface area contributed by atoms with Gasteiger partial charge < -0.3 is 5.32 Å². The predicted octanol–water partition coefficient (Wildman–Crippen LogP) is 4.99. The SMILES string of the molecule is C(/C=C/C=C/Nc1ccccc1)=N/c1ccccc1.Cl. The number of nitrogens with zero attached hydrogens (tertiary/aromatic N) is 1. The zero-order chi connectivity index (χ0) is 13.2. The molecule has 0 spiro atoms. The van der Waals surface area contributed by atoms with E-state index < -0.39 is 0 Å². The molecule has 0 saturated heterocycles. The lowest BCUT2D eigenvalue weighted by atomic mass is 10.3. The number of benzene rings is 2. The summed E-state index contributed by atoms with van der Waals surface area (Å²) in [5, 5.41) is 3.18. The molecule has 0 heterocycles. The topological polar surface area (TPSA) is 24.4 Å². The second-order valence-corrected chi connectivity index (χ2v) is 3.87. The predicted molar refractivity (Wildman–Crippen MR) is 90.2 cm³/mol. The van der Waals surface area contributed by atoms with Crippen LogP contribution in [0.15, 0.2) is 90.1 Å². The molecule has 0 bridgehead atoms. The van der Waals surface area contributed by atoms with Crippen molar-refractivity contribution in [3.8, 4) is 0 Å². The lowest BCUT2D eigenvalue weighted by Crippen LogP contribution is -1.84. The lowest BCUT2D eigenvalue weighted by molar-refractivity contribution is 1.54. The van der Waals surface area contributed by atoms with Crippen LogP contribution in [0.2, 0.25) is 0 Å². The number of hydrogen-bond donors (Lipinski definition) is 1. The summed E-state index contributed by atoms with van der Waals surface area (Å²) >= 11 is 0. The molecule has 0 atom stereocenters. The van der Waals surface area contributed by atoms with E-state index in [0.717, 1.165) is 11.4 Å². The maximum absolute atomic E-state index is 4.30. The van der Waals surface area contributed by atoms with Gasteiger partial charge in [0.05, 0.1) is 5.69 Å². The highest BCUT2D eigenvalue weighted by Crippen LogP contribution is 2.08. The summed E-state index contributed by atoms with van der Waals surface area (Å²) in [6, 6.07) is 19.9. The van der Waals surface area contributed by atoms with Crippen LogP contribution in [0.25, 0.3) is 0 Å². The van der Waals surface area contributed by atoms with Crippen molar-refractivity contribution in [2.75, 3.05) is 5.32 Å². The van der Waals surface area contributed by atoms with Gasteiger partial charge in [-0.05, 0) is 36.4 Å². The molecule has 102 valence electrons. The standard InChI is InChI=1S/C17H16N2.ClH/c1-4-10-16(11-5-1)18-14-8-3-9-15-19-17-12-6-2-7-13-17;/h1-15,18H;1H/b9-3+,14-8+,19-15-;. The summed E-state index contributed by atoms with van der Waals surface area (Å²) in [5.41, 5.74) is 2.03. The quantitative estimate of drug-likeness (QED) is 0.607. The van der Waals surface area contributed by atoms with Gasteiger partial charge in [0.15, 0.2) is 0 Å². The maximum atomic E-state index is 4.30. The average Bonchev–Trinajstić information content (AvgIpc) is 2.48. The monoisotopic (exact) mass is 284 g/mol.